The van der Waals surface area contributed by atoms with Gasteiger partial charge in [-0.1, -0.05) is 23.9 Å². The minimum Gasteiger partial charge on any atom is -0.497 e. The van der Waals surface area contributed by atoms with Crippen LogP contribution in [0.1, 0.15) is 18.7 Å². The number of unbranched alkanes of at least 4 members (excludes halogenated alkanes) is 1. The van der Waals surface area contributed by atoms with Gasteiger partial charge >= 0.3 is 0 Å². The van der Waals surface area contributed by atoms with Crippen molar-refractivity contribution < 1.29 is 13.9 Å². The average Bonchev–Trinajstić information content (AvgIpc) is 3.13. The summed E-state index contributed by atoms with van der Waals surface area (Å²) in [6.07, 6.45) is 1.19. The van der Waals surface area contributed by atoms with E-state index in [9.17, 15) is 4.39 Å². The lowest BCUT2D eigenvalue weighted by Gasteiger charge is -2.12. The molecule has 1 aromatic heterocycles. The van der Waals surface area contributed by atoms with Gasteiger partial charge in [0.25, 0.3) is 0 Å². The van der Waals surface area contributed by atoms with Crippen molar-refractivity contribution in [2.24, 2.45) is 0 Å². The smallest absolute Gasteiger partial charge is 0.196 e. The number of halogens is 1. The maximum atomic E-state index is 14.4. The van der Waals surface area contributed by atoms with Crippen LogP contribution in [-0.2, 0) is 6.61 Å². The number of ether oxygens (including phenoxy) is 2. The summed E-state index contributed by atoms with van der Waals surface area (Å²) in [5, 5.41) is 17.6. The Balaban J connectivity index is 1.82. The van der Waals surface area contributed by atoms with Crippen LogP contribution in [0.15, 0.2) is 53.7 Å². The predicted octanol–water partition coefficient (Wildman–Crippen LogP) is 4.39. The molecule has 144 valence electrons. The lowest BCUT2D eigenvalue weighted by Crippen LogP contribution is -2.08. The minimum absolute atomic E-state index is 0.131. The SMILES string of the molecule is COc1ccc(OCc2nnc(SCCCC#N)n2-c2ccccc2F)cc1. The van der Waals surface area contributed by atoms with Crippen LogP contribution in [0, 0.1) is 17.1 Å². The van der Waals surface area contributed by atoms with Gasteiger partial charge in [0.1, 0.15) is 23.9 Å². The number of rotatable bonds is 9. The van der Waals surface area contributed by atoms with Crippen LogP contribution in [-0.4, -0.2) is 27.6 Å². The van der Waals surface area contributed by atoms with Gasteiger partial charge in [-0.15, -0.1) is 10.2 Å². The molecule has 0 aliphatic carbocycles. The Hall–Kier alpha value is -3.05. The highest BCUT2D eigenvalue weighted by Crippen LogP contribution is 2.26. The Morgan fingerprint density at radius 2 is 1.86 bits per heavy atom. The first-order valence-corrected chi connectivity index (χ1v) is 9.67. The van der Waals surface area contributed by atoms with E-state index in [2.05, 4.69) is 16.3 Å². The minimum atomic E-state index is -0.369. The van der Waals surface area contributed by atoms with Crippen molar-refractivity contribution in [3.63, 3.8) is 0 Å². The highest BCUT2D eigenvalue weighted by molar-refractivity contribution is 7.99. The predicted molar refractivity (Wildman–Crippen MR) is 104 cm³/mol. The van der Waals surface area contributed by atoms with Gasteiger partial charge in [0.2, 0.25) is 0 Å². The topological polar surface area (TPSA) is 73.0 Å². The highest BCUT2D eigenvalue weighted by Gasteiger charge is 2.17. The number of nitriles is 1. The zero-order valence-electron chi connectivity index (χ0n) is 15.3. The zero-order chi connectivity index (χ0) is 19.8. The van der Waals surface area contributed by atoms with Gasteiger partial charge in [-0.2, -0.15) is 5.26 Å². The quantitative estimate of drug-likeness (QED) is 0.393. The average molecular weight is 398 g/mol. The van der Waals surface area contributed by atoms with E-state index in [1.807, 2.05) is 0 Å². The van der Waals surface area contributed by atoms with Gasteiger partial charge in [0, 0.05) is 12.2 Å². The van der Waals surface area contributed by atoms with E-state index in [4.69, 9.17) is 14.7 Å². The van der Waals surface area contributed by atoms with E-state index in [1.165, 1.54) is 17.8 Å². The lowest BCUT2D eigenvalue weighted by atomic mass is 10.3. The molecule has 3 rings (SSSR count). The molecule has 0 aliphatic rings. The van der Waals surface area contributed by atoms with E-state index >= 15 is 0 Å². The van der Waals surface area contributed by atoms with Crippen molar-refractivity contribution in [2.75, 3.05) is 12.9 Å². The second-order valence-corrected chi connectivity index (χ2v) is 6.82. The molecular formula is C20H19FN4O2S. The summed E-state index contributed by atoms with van der Waals surface area (Å²) in [4.78, 5) is 0. The molecule has 0 amide bonds. The second kappa shape index (κ2) is 9.76. The number of para-hydroxylation sites is 1. The Morgan fingerprint density at radius 1 is 1.11 bits per heavy atom. The van der Waals surface area contributed by atoms with Crippen molar-refractivity contribution in [1.29, 1.82) is 5.26 Å². The Morgan fingerprint density at radius 3 is 2.57 bits per heavy atom. The monoisotopic (exact) mass is 398 g/mol. The third-order valence-corrected chi connectivity index (χ3v) is 4.90. The number of hydrogen-bond acceptors (Lipinski definition) is 6. The van der Waals surface area contributed by atoms with Crippen LogP contribution in [0.3, 0.4) is 0 Å². The molecule has 0 saturated heterocycles. The molecule has 8 heteroatoms. The standard InChI is InChI=1S/C20H19FN4O2S/c1-26-15-8-10-16(11-9-15)27-14-19-23-24-20(28-13-5-4-12-22)25(19)18-7-3-2-6-17(18)21/h2-3,6-11H,4-5,13-14H2,1H3. The molecule has 0 N–H and O–H groups in total. The summed E-state index contributed by atoms with van der Waals surface area (Å²) in [5.74, 6) is 2.19. The number of hydrogen-bond donors (Lipinski definition) is 0. The second-order valence-electron chi connectivity index (χ2n) is 5.76. The van der Waals surface area contributed by atoms with Gasteiger partial charge in [0.05, 0.1) is 18.9 Å². The largest absolute Gasteiger partial charge is 0.497 e. The summed E-state index contributed by atoms with van der Waals surface area (Å²) in [5.41, 5.74) is 0.364. The number of methoxy groups -OCH3 is 1. The van der Waals surface area contributed by atoms with Crippen molar-refractivity contribution in [1.82, 2.24) is 14.8 Å². The highest BCUT2D eigenvalue weighted by atomic mass is 32.2. The summed E-state index contributed by atoms with van der Waals surface area (Å²) in [6.45, 7) is 0.131. The molecular weight excluding hydrogens is 379 g/mol. The van der Waals surface area contributed by atoms with E-state index in [-0.39, 0.29) is 12.4 Å². The maximum Gasteiger partial charge on any atom is 0.196 e. The van der Waals surface area contributed by atoms with Crippen molar-refractivity contribution in [3.8, 4) is 23.3 Å². The lowest BCUT2D eigenvalue weighted by molar-refractivity contribution is 0.292. The van der Waals surface area contributed by atoms with Gasteiger partial charge < -0.3 is 9.47 Å². The molecule has 0 fully saturated rings. The summed E-state index contributed by atoms with van der Waals surface area (Å²) in [7, 11) is 1.60. The van der Waals surface area contributed by atoms with Crippen molar-refractivity contribution >= 4 is 11.8 Å². The zero-order valence-corrected chi connectivity index (χ0v) is 16.2. The number of thioether (sulfide) groups is 1. The molecule has 0 radical (unpaired) electrons. The normalized spacial score (nSPS) is 10.5. The molecule has 28 heavy (non-hydrogen) atoms. The van der Waals surface area contributed by atoms with Crippen LogP contribution >= 0.6 is 11.8 Å². The van der Waals surface area contributed by atoms with Crippen LogP contribution in [0.25, 0.3) is 5.69 Å². The van der Waals surface area contributed by atoms with Crippen LogP contribution in [0.4, 0.5) is 4.39 Å². The molecule has 3 aromatic rings. The van der Waals surface area contributed by atoms with Gasteiger partial charge in [-0.05, 0) is 42.8 Å². The molecule has 0 aliphatic heterocycles. The first kappa shape index (κ1) is 19.7. The van der Waals surface area contributed by atoms with Crippen LogP contribution in [0.2, 0.25) is 0 Å². The van der Waals surface area contributed by atoms with Crippen molar-refractivity contribution in [2.45, 2.75) is 24.6 Å². The summed E-state index contributed by atoms with van der Waals surface area (Å²) < 4.78 is 27.0. The Bertz CT molecular complexity index is 954. The molecule has 2 aromatic carbocycles. The fourth-order valence-electron chi connectivity index (χ4n) is 2.50. The van der Waals surface area contributed by atoms with E-state index in [0.29, 0.717) is 34.6 Å². The fraction of sp³-hybridized carbons (Fsp3) is 0.250. The van der Waals surface area contributed by atoms with E-state index in [0.717, 1.165) is 12.2 Å². The van der Waals surface area contributed by atoms with E-state index < -0.39 is 0 Å². The van der Waals surface area contributed by atoms with Gasteiger partial charge in [0.15, 0.2) is 11.0 Å². The molecule has 0 spiro atoms. The molecule has 0 unspecified atom stereocenters. The fourth-order valence-corrected chi connectivity index (χ4v) is 3.40. The molecule has 1 heterocycles. The van der Waals surface area contributed by atoms with E-state index in [1.54, 1.807) is 54.1 Å². The molecule has 0 atom stereocenters. The number of benzene rings is 2. The first-order chi connectivity index (χ1) is 13.7. The maximum absolute atomic E-state index is 14.4. The molecule has 6 nitrogen and oxygen atoms in total. The Labute approximate surface area is 166 Å². The molecule has 0 bridgehead atoms. The van der Waals surface area contributed by atoms with Gasteiger partial charge in [-0.3, -0.25) is 4.57 Å². The Kier molecular flexibility index (Phi) is 6.87. The van der Waals surface area contributed by atoms with Crippen molar-refractivity contribution in [3.05, 3.63) is 60.2 Å². The third kappa shape index (κ3) is 4.81. The van der Waals surface area contributed by atoms with Gasteiger partial charge in [-0.25, -0.2) is 4.39 Å². The van der Waals surface area contributed by atoms with Crippen LogP contribution in [0.5, 0.6) is 11.5 Å². The van der Waals surface area contributed by atoms with Crippen LogP contribution < -0.4 is 9.47 Å². The molecule has 0 saturated carbocycles. The summed E-state index contributed by atoms with van der Waals surface area (Å²) in [6, 6.07) is 15.8. The first-order valence-electron chi connectivity index (χ1n) is 8.68. The third-order valence-electron chi connectivity index (χ3n) is 3.89. The number of nitrogens with zero attached hydrogens (tertiary/aromatic N) is 4. The summed E-state index contributed by atoms with van der Waals surface area (Å²) >= 11 is 1.44. The number of aromatic nitrogens is 3.